The number of aromatic nitrogens is 2. The fourth-order valence-corrected chi connectivity index (χ4v) is 3.54. The SMILES string of the molecule is Cc1cccc(C)c1NC(=O)c1ccnc(N2CCCc3ccccc32)n1. The molecular formula is C22H22N4O. The van der Waals surface area contributed by atoms with Gasteiger partial charge in [-0.2, -0.15) is 0 Å². The van der Waals surface area contributed by atoms with Crippen LogP contribution in [0.2, 0.25) is 0 Å². The van der Waals surface area contributed by atoms with Crippen LogP contribution in [0.15, 0.2) is 54.7 Å². The molecule has 1 N–H and O–H groups in total. The van der Waals surface area contributed by atoms with Gasteiger partial charge in [-0.3, -0.25) is 4.79 Å². The highest BCUT2D eigenvalue weighted by molar-refractivity contribution is 6.03. The monoisotopic (exact) mass is 358 g/mol. The zero-order chi connectivity index (χ0) is 18.8. The number of aryl methyl sites for hydroxylation is 3. The van der Waals surface area contributed by atoms with Crippen molar-refractivity contribution in [2.75, 3.05) is 16.8 Å². The van der Waals surface area contributed by atoms with Crippen LogP contribution < -0.4 is 10.2 Å². The van der Waals surface area contributed by atoms with E-state index >= 15 is 0 Å². The van der Waals surface area contributed by atoms with Gasteiger partial charge in [0, 0.05) is 24.1 Å². The van der Waals surface area contributed by atoms with Crippen LogP contribution in [0.1, 0.15) is 33.6 Å². The van der Waals surface area contributed by atoms with Crippen molar-refractivity contribution in [3.8, 4) is 0 Å². The molecule has 5 heteroatoms. The third kappa shape index (κ3) is 3.40. The summed E-state index contributed by atoms with van der Waals surface area (Å²) in [7, 11) is 0. The highest BCUT2D eigenvalue weighted by Crippen LogP contribution is 2.31. The first-order chi connectivity index (χ1) is 13.1. The number of para-hydroxylation sites is 2. The Balaban J connectivity index is 1.63. The van der Waals surface area contributed by atoms with E-state index in [9.17, 15) is 4.79 Å². The Morgan fingerprint density at radius 2 is 1.81 bits per heavy atom. The summed E-state index contributed by atoms with van der Waals surface area (Å²) in [6.07, 6.45) is 3.75. The van der Waals surface area contributed by atoms with Gasteiger partial charge in [-0.15, -0.1) is 0 Å². The average Bonchev–Trinajstić information content (AvgIpc) is 2.70. The first kappa shape index (κ1) is 17.2. The Hall–Kier alpha value is -3.21. The Morgan fingerprint density at radius 3 is 2.63 bits per heavy atom. The van der Waals surface area contributed by atoms with Gasteiger partial charge in [-0.1, -0.05) is 36.4 Å². The summed E-state index contributed by atoms with van der Waals surface area (Å²) >= 11 is 0. The normalized spacial score (nSPS) is 13.2. The van der Waals surface area contributed by atoms with E-state index in [0.717, 1.165) is 41.9 Å². The summed E-state index contributed by atoms with van der Waals surface area (Å²) in [5.74, 6) is 0.345. The van der Waals surface area contributed by atoms with Crippen LogP contribution in [-0.2, 0) is 6.42 Å². The molecule has 0 spiro atoms. The number of carbonyl (C=O) groups excluding carboxylic acids is 1. The zero-order valence-corrected chi connectivity index (χ0v) is 15.6. The standard InChI is InChI=1S/C22H22N4O/c1-15-7-5-8-16(2)20(15)25-21(27)18-12-13-23-22(24-18)26-14-6-10-17-9-3-4-11-19(17)26/h3-5,7-9,11-13H,6,10,14H2,1-2H3,(H,25,27). The predicted molar refractivity (Wildman–Crippen MR) is 108 cm³/mol. The average molecular weight is 358 g/mol. The molecule has 2 heterocycles. The lowest BCUT2D eigenvalue weighted by atomic mass is 10.0. The van der Waals surface area contributed by atoms with E-state index in [1.165, 1.54) is 5.56 Å². The topological polar surface area (TPSA) is 58.1 Å². The van der Waals surface area contributed by atoms with E-state index in [2.05, 4.69) is 38.4 Å². The summed E-state index contributed by atoms with van der Waals surface area (Å²) in [5, 5.41) is 3.00. The largest absolute Gasteiger partial charge is 0.320 e. The van der Waals surface area contributed by atoms with Gasteiger partial charge in [-0.05, 0) is 55.5 Å². The predicted octanol–water partition coefficient (Wildman–Crippen LogP) is 4.43. The van der Waals surface area contributed by atoms with Crippen molar-refractivity contribution in [1.29, 1.82) is 0 Å². The van der Waals surface area contributed by atoms with Gasteiger partial charge in [0.2, 0.25) is 5.95 Å². The molecule has 1 aliphatic rings. The Labute approximate surface area is 159 Å². The van der Waals surface area contributed by atoms with Crippen molar-refractivity contribution in [1.82, 2.24) is 9.97 Å². The third-order valence-electron chi connectivity index (χ3n) is 4.95. The van der Waals surface area contributed by atoms with Gasteiger partial charge < -0.3 is 10.2 Å². The molecule has 5 nitrogen and oxygen atoms in total. The van der Waals surface area contributed by atoms with E-state index in [-0.39, 0.29) is 5.91 Å². The molecule has 27 heavy (non-hydrogen) atoms. The van der Waals surface area contributed by atoms with E-state index < -0.39 is 0 Å². The minimum absolute atomic E-state index is 0.221. The number of carbonyl (C=O) groups is 1. The summed E-state index contributed by atoms with van der Waals surface area (Å²) in [4.78, 5) is 23.8. The maximum Gasteiger partial charge on any atom is 0.274 e. The molecule has 0 fully saturated rings. The third-order valence-corrected chi connectivity index (χ3v) is 4.95. The number of hydrogen-bond donors (Lipinski definition) is 1. The summed E-state index contributed by atoms with van der Waals surface area (Å²) < 4.78 is 0. The minimum Gasteiger partial charge on any atom is -0.320 e. The maximum atomic E-state index is 12.8. The number of rotatable bonds is 3. The smallest absolute Gasteiger partial charge is 0.274 e. The van der Waals surface area contributed by atoms with Crippen LogP contribution in [0.5, 0.6) is 0 Å². The summed E-state index contributed by atoms with van der Waals surface area (Å²) in [6, 6.07) is 15.9. The summed E-state index contributed by atoms with van der Waals surface area (Å²) in [6.45, 7) is 4.82. The first-order valence-corrected chi connectivity index (χ1v) is 9.19. The van der Waals surface area contributed by atoms with Gasteiger partial charge in [0.05, 0.1) is 0 Å². The fraction of sp³-hybridized carbons (Fsp3) is 0.227. The van der Waals surface area contributed by atoms with Crippen LogP contribution >= 0.6 is 0 Å². The van der Waals surface area contributed by atoms with E-state index in [1.54, 1.807) is 12.3 Å². The van der Waals surface area contributed by atoms with Crippen LogP contribution in [0.3, 0.4) is 0 Å². The first-order valence-electron chi connectivity index (χ1n) is 9.19. The van der Waals surface area contributed by atoms with Crippen LogP contribution in [-0.4, -0.2) is 22.4 Å². The molecule has 1 aromatic heterocycles. The molecule has 0 saturated carbocycles. The second-order valence-corrected chi connectivity index (χ2v) is 6.85. The molecular weight excluding hydrogens is 336 g/mol. The molecule has 0 saturated heterocycles. The van der Waals surface area contributed by atoms with Crippen molar-refractivity contribution < 1.29 is 4.79 Å². The van der Waals surface area contributed by atoms with E-state index in [0.29, 0.717) is 11.6 Å². The highest BCUT2D eigenvalue weighted by Gasteiger charge is 2.21. The van der Waals surface area contributed by atoms with Gasteiger partial charge in [0.1, 0.15) is 5.69 Å². The molecule has 0 unspecified atom stereocenters. The summed E-state index contributed by atoms with van der Waals surface area (Å²) in [5.41, 5.74) is 5.68. The number of hydrogen-bond acceptors (Lipinski definition) is 4. The molecule has 136 valence electrons. The molecule has 1 amide bonds. The van der Waals surface area contributed by atoms with Crippen LogP contribution in [0.4, 0.5) is 17.3 Å². The number of benzene rings is 2. The lowest BCUT2D eigenvalue weighted by Crippen LogP contribution is -2.27. The Bertz CT molecular complexity index is 979. The molecule has 0 bridgehead atoms. The van der Waals surface area contributed by atoms with Gasteiger partial charge in [-0.25, -0.2) is 9.97 Å². The fourth-order valence-electron chi connectivity index (χ4n) is 3.54. The van der Waals surface area contributed by atoms with Gasteiger partial charge in [0.25, 0.3) is 5.91 Å². The Kier molecular flexibility index (Phi) is 4.59. The molecule has 2 aromatic carbocycles. The molecule has 3 aromatic rings. The lowest BCUT2D eigenvalue weighted by Gasteiger charge is -2.29. The van der Waals surface area contributed by atoms with Crippen molar-refractivity contribution >= 4 is 23.2 Å². The van der Waals surface area contributed by atoms with Crippen LogP contribution in [0.25, 0.3) is 0 Å². The second kappa shape index (κ2) is 7.19. The van der Waals surface area contributed by atoms with E-state index in [1.807, 2.05) is 38.1 Å². The number of amides is 1. The van der Waals surface area contributed by atoms with Crippen LogP contribution in [0, 0.1) is 13.8 Å². The molecule has 0 radical (unpaired) electrons. The quantitative estimate of drug-likeness (QED) is 0.752. The molecule has 4 rings (SSSR count). The number of fused-ring (bicyclic) bond motifs is 1. The Morgan fingerprint density at radius 1 is 1.04 bits per heavy atom. The molecule has 0 atom stereocenters. The van der Waals surface area contributed by atoms with Gasteiger partial charge in [0.15, 0.2) is 0 Å². The highest BCUT2D eigenvalue weighted by atomic mass is 16.1. The van der Waals surface area contributed by atoms with Crippen molar-refractivity contribution in [3.05, 3.63) is 77.1 Å². The number of nitrogens with zero attached hydrogens (tertiary/aromatic N) is 3. The zero-order valence-electron chi connectivity index (χ0n) is 15.6. The second-order valence-electron chi connectivity index (χ2n) is 6.85. The lowest BCUT2D eigenvalue weighted by molar-refractivity contribution is 0.102. The van der Waals surface area contributed by atoms with Crippen molar-refractivity contribution in [3.63, 3.8) is 0 Å². The number of anilines is 3. The van der Waals surface area contributed by atoms with Crippen molar-refractivity contribution in [2.45, 2.75) is 26.7 Å². The maximum absolute atomic E-state index is 12.8. The molecule has 1 aliphatic heterocycles. The molecule has 0 aliphatic carbocycles. The van der Waals surface area contributed by atoms with E-state index in [4.69, 9.17) is 0 Å². The van der Waals surface area contributed by atoms with Crippen molar-refractivity contribution in [2.24, 2.45) is 0 Å². The van der Waals surface area contributed by atoms with Gasteiger partial charge >= 0.3 is 0 Å². The number of nitrogens with one attached hydrogen (secondary N) is 1. The minimum atomic E-state index is -0.221.